The Bertz CT molecular complexity index is 169. The van der Waals surface area contributed by atoms with Crippen molar-refractivity contribution in [1.29, 1.82) is 0 Å². The van der Waals surface area contributed by atoms with E-state index in [1.807, 2.05) is 13.8 Å². The molecule has 0 aromatic carbocycles. The van der Waals surface area contributed by atoms with E-state index < -0.39 is 0 Å². The van der Waals surface area contributed by atoms with Gasteiger partial charge in [0.2, 0.25) is 0 Å². The van der Waals surface area contributed by atoms with Crippen molar-refractivity contribution in [2.45, 2.75) is 65.8 Å². The van der Waals surface area contributed by atoms with E-state index in [1.165, 1.54) is 19.3 Å². The number of unbranched alkanes of at least 4 members (excludes halogenated alkanes) is 3. The fourth-order valence-corrected chi connectivity index (χ4v) is 1.46. The number of hydrogen-bond donors (Lipinski definition) is 1. The van der Waals surface area contributed by atoms with Crippen molar-refractivity contribution in [3.05, 3.63) is 0 Å². The molecule has 0 aliphatic carbocycles. The average molecular weight is 215 g/mol. The maximum absolute atomic E-state index is 11.3. The molecule has 0 aliphatic rings. The van der Waals surface area contributed by atoms with E-state index in [1.54, 1.807) is 0 Å². The van der Waals surface area contributed by atoms with Crippen LogP contribution in [-0.2, 0) is 4.79 Å². The first kappa shape index (κ1) is 14.6. The second kappa shape index (κ2) is 8.90. The molecular formula is C13H29NO. The number of ketones is 1. The number of rotatable bonds is 9. The number of Topliss-reactive ketones (excluding diaryl/α,β-unsaturated/α-hetero) is 1. The zero-order chi connectivity index (χ0) is 11.7. The van der Waals surface area contributed by atoms with Gasteiger partial charge in [-0.1, -0.05) is 40.5 Å². The highest BCUT2D eigenvalue weighted by Gasteiger charge is 2.05. The molecule has 0 saturated heterocycles. The molecule has 0 fully saturated rings. The van der Waals surface area contributed by atoms with Gasteiger partial charge in [0.05, 0.1) is 0 Å². The maximum Gasteiger partial charge on any atom is 0.135 e. The quantitative estimate of drug-likeness (QED) is 0.597. The predicted octanol–water partition coefficient (Wildman–Crippen LogP) is 3.41. The molecule has 0 bridgehead atoms. The maximum atomic E-state index is 11.3. The first-order valence-corrected chi connectivity index (χ1v) is 6.30. The lowest BCUT2D eigenvalue weighted by Gasteiger charge is -2.07. The second-order valence-corrected chi connectivity index (χ2v) is 4.89. The van der Waals surface area contributed by atoms with Crippen molar-refractivity contribution in [3.63, 3.8) is 0 Å². The Hall–Kier alpha value is -0.370. The molecule has 0 amide bonds. The van der Waals surface area contributed by atoms with Gasteiger partial charge in [-0.25, -0.2) is 0 Å². The molecule has 0 atom stereocenters. The van der Waals surface area contributed by atoms with Gasteiger partial charge in [0.15, 0.2) is 0 Å². The Morgan fingerprint density at radius 3 is 2.20 bits per heavy atom. The molecule has 2 heteroatoms. The largest absolute Gasteiger partial charge is 0.315 e. The lowest BCUT2D eigenvalue weighted by atomic mass is 10.0. The lowest BCUT2D eigenvalue weighted by Crippen LogP contribution is -2.23. The number of hydrogen-bond acceptors (Lipinski definition) is 2. The van der Waals surface area contributed by atoms with Crippen molar-refractivity contribution in [3.8, 4) is 0 Å². The van der Waals surface area contributed by atoms with Gasteiger partial charge in [-0.05, 0) is 19.4 Å². The summed E-state index contributed by atoms with van der Waals surface area (Å²) in [6, 6.07) is 0.590. The van der Waals surface area contributed by atoms with E-state index in [0.717, 1.165) is 19.4 Å². The molecule has 0 aromatic heterocycles. The van der Waals surface area contributed by atoms with Crippen LogP contribution >= 0.6 is 0 Å². The number of nitrogens with one attached hydrogen (secondary N) is 1. The summed E-state index contributed by atoms with van der Waals surface area (Å²) < 4.78 is 0. The monoisotopic (exact) mass is 215 g/mol. The minimum atomic E-state index is 0. The highest BCUT2D eigenvalue weighted by Crippen LogP contribution is 2.07. The third-order valence-corrected chi connectivity index (χ3v) is 2.55. The van der Waals surface area contributed by atoms with Crippen LogP contribution in [0.2, 0.25) is 0 Å². The molecule has 0 aliphatic heterocycles. The van der Waals surface area contributed by atoms with Crippen molar-refractivity contribution >= 4 is 5.78 Å². The summed E-state index contributed by atoms with van der Waals surface area (Å²) >= 11 is 0. The minimum absolute atomic E-state index is 0. The molecule has 0 radical (unpaired) electrons. The Balaban J connectivity index is 0. The van der Waals surface area contributed by atoms with Crippen LogP contribution in [0.15, 0.2) is 0 Å². The van der Waals surface area contributed by atoms with Gasteiger partial charge in [-0.15, -0.1) is 0 Å². The molecule has 15 heavy (non-hydrogen) atoms. The molecule has 0 unspecified atom stereocenters. The van der Waals surface area contributed by atoms with E-state index in [4.69, 9.17) is 0 Å². The van der Waals surface area contributed by atoms with Crippen molar-refractivity contribution in [2.24, 2.45) is 5.92 Å². The molecular weight excluding hydrogens is 186 g/mol. The van der Waals surface area contributed by atoms with Crippen LogP contribution in [-0.4, -0.2) is 18.4 Å². The zero-order valence-corrected chi connectivity index (χ0v) is 10.8. The van der Waals surface area contributed by atoms with E-state index in [-0.39, 0.29) is 7.34 Å². The average Bonchev–Trinajstić information content (AvgIpc) is 2.15. The second-order valence-electron chi connectivity index (χ2n) is 4.89. The Morgan fingerprint density at radius 2 is 1.67 bits per heavy atom. The fraction of sp³-hybridized carbons (Fsp3) is 0.923. The van der Waals surface area contributed by atoms with Crippen molar-refractivity contribution in [2.75, 3.05) is 6.54 Å². The molecule has 0 rings (SSSR count). The van der Waals surface area contributed by atoms with Gasteiger partial charge in [0.25, 0.3) is 0 Å². The summed E-state index contributed by atoms with van der Waals surface area (Å²) in [5.41, 5.74) is 0. The van der Waals surface area contributed by atoms with Crippen LogP contribution in [0.5, 0.6) is 0 Å². The van der Waals surface area contributed by atoms with Gasteiger partial charge in [-0.3, -0.25) is 4.79 Å². The van der Waals surface area contributed by atoms with E-state index in [0.29, 0.717) is 11.8 Å². The highest BCUT2D eigenvalue weighted by atomic mass is 16.1. The summed E-state index contributed by atoms with van der Waals surface area (Å²) in [5, 5.41) is 3.40. The van der Waals surface area contributed by atoms with Gasteiger partial charge in [0.1, 0.15) is 5.78 Å². The van der Waals surface area contributed by atoms with Gasteiger partial charge in [0, 0.05) is 19.8 Å². The highest BCUT2D eigenvalue weighted by molar-refractivity contribution is 5.80. The minimum Gasteiger partial charge on any atom is -0.315 e. The molecule has 0 spiro atoms. The van der Waals surface area contributed by atoms with Crippen LogP contribution in [0, 0.1) is 5.92 Å². The lowest BCUT2D eigenvalue weighted by molar-refractivity contribution is -0.122. The molecule has 0 heterocycles. The zero-order valence-electron chi connectivity index (χ0n) is 10.8. The van der Waals surface area contributed by atoms with E-state index >= 15 is 0 Å². The van der Waals surface area contributed by atoms with E-state index in [9.17, 15) is 4.79 Å². The normalized spacial score (nSPS) is 11.3. The molecule has 0 aromatic rings. The molecule has 92 valence electrons. The topological polar surface area (TPSA) is 29.1 Å². The smallest absolute Gasteiger partial charge is 0.135 e. The number of carbonyl (C=O) groups excluding carboxylic acids is 1. The van der Waals surface area contributed by atoms with Gasteiger partial charge in [-0.2, -0.15) is 0 Å². The first-order valence-electron chi connectivity index (χ1n) is 6.30. The number of carbonyl (C=O) groups is 1. The third kappa shape index (κ3) is 9.92. The van der Waals surface area contributed by atoms with Gasteiger partial charge < -0.3 is 5.32 Å². The van der Waals surface area contributed by atoms with Crippen LogP contribution in [0.4, 0.5) is 0 Å². The van der Waals surface area contributed by atoms with Gasteiger partial charge >= 0.3 is 0 Å². The third-order valence-electron chi connectivity index (χ3n) is 2.55. The molecule has 2 nitrogen and oxygen atoms in total. The Labute approximate surface area is 96.3 Å². The SMILES string of the molecule is CC(C)NCCCCCCC(=O)C(C)C.[HH]. The summed E-state index contributed by atoms with van der Waals surface area (Å²) in [6.45, 7) is 9.40. The van der Waals surface area contributed by atoms with Crippen molar-refractivity contribution < 1.29 is 6.22 Å². The van der Waals surface area contributed by atoms with Crippen LogP contribution in [0.3, 0.4) is 0 Å². The molecule has 1 N–H and O–H groups in total. The summed E-state index contributed by atoms with van der Waals surface area (Å²) in [6.07, 6.45) is 5.51. The van der Waals surface area contributed by atoms with Crippen LogP contribution in [0.25, 0.3) is 0 Å². The van der Waals surface area contributed by atoms with Crippen molar-refractivity contribution in [1.82, 2.24) is 5.32 Å². The fourth-order valence-electron chi connectivity index (χ4n) is 1.46. The standard InChI is InChI=1S/C13H27NO.H2/c1-11(2)13(15)9-7-5-6-8-10-14-12(3)4;/h11-12,14H,5-10H2,1-4H3;1H. The van der Waals surface area contributed by atoms with E-state index in [2.05, 4.69) is 19.2 Å². The van der Waals surface area contributed by atoms with Crippen LogP contribution < -0.4 is 5.32 Å². The Morgan fingerprint density at radius 1 is 1.07 bits per heavy atom. The summed E-state index contributed by atoms with van der Waals surface area (Å²) in [4.78, 5) is 11.3. The Kier molecular flexibility index (Phi) is 8.68. The summed E-state index contributed by atoms with van der Waals surface area (Å²) in [5.74, 6) is 0.628. The first-order chi connectivity index (χ1) is 7.04. The molecule has 0 saturated carbocycles. The summed E-state index contributed by atoms with van der Waals surface area (Å²) in [7, 11) is 0. The van der Waals surface area contributed by atoms with Crippen LogP contribution in [0.1, 0.15) is 61.2 Å². The predicted molar refractivity (Wildman–Crippen MR) is 68.2 cm³/mol.